The van der Waals surface area contributed by atoms with Crippen LogP contribution in [0, 0.1) is 22.9 Å². The van der Waals surface area contributed by atoms with Gasteiger partial charge in [0, 0.05) is 42.4 Å². The van der Waals surface area contributed by atoms with Crippen molar-refractivity contribution in [3.05, 3.63) is 75.7 Å². The van der Waals surface area contributed by atoms with Gasteiger partial charge in [0.05, 0.1) is 20.9 Å². The van der Waals surface area contributed by atoms with Crippen LogP contribution in [0.1, 0.15) is 16.1 Å². The first-order chi connectivity index (χ1) is 14.2. The maximum absolute atomic E-state index is 13.4. The van der Waals surface area contributed by atoms with E-state index in [4.69, 9.17) is 0 Å². The molecule has 0 aliphatic rings. The number of aryl methyl sites for hydroxylation is 1. The summed E-state index contributed by atoms with van der Waals surface area (Å²) in [5.74, 6) is -0.936. The lowest BCUT2D eigenvalue weighted by Crippen LogP contribution is -2.34. The quantitative estimate of drug-likeness (QED) is 0.335. The highest BCUT2D eigenvalue weighted by molar-refractivity contribution is 7.89. The van der Waals surface area contributed by atoms with Gasteiger partial charge in [-0.1, -0.05) is 6.07 Å². The van der Waals surface area contributed by atoms with Crippen LogP contribution in [-0.4, -0.2) is 37.3 Å². The number of halogens is 1. The second-order valence-electron chi connectivity index (χ2n) is 6.38. The molecule has 0 saturated carbocycles. The molecule has 9 nitrogen and oxygen atoms in total. The first-order valence-electron chi connectivity index (χ1n) is 8.76. The molecule has 2 N–H and O–H groups in total. The SMILES string of the molecule is Cc1cc(C(=O)NCCNS(=O)(=O)c2cccc([N+](=O)[O-])c2)c2ccc(F)cc2n1. The summed E-state index contributed by atoms with van der Waals surface area (Å²) in [6.07, 6.45) is 0. The summed E-state index contributed by atoms with van der Waals surface area (Å²) in [6, 6.07) is 10.1. The monoisotopic (exact) mass is 432 g/mol. The van der Waals surface area contributed by atoms with Crippen LogP contribution in [0.5, 0.6) is 0 Å². The van der Waals surface area contributed by atoms with Gasteiger partial charge < -0.3 is 5.32 Å². The molecule has 30 heavy (non-hydrogen) atoms. The van der Waals surface area contributed by atoms with Gasteiger partial charge in [0.15, 0.2) is 0 Å². The third-order valence-electron chi connectivity index (χ3n) is 4.19. The van der Waals surface area contributed by atoms with Gasteiger partial charge in [0.25, 0.3) is 11.6 Å². The van der Waals surface area contributed by atoms with Gasteiger partial charge in [-0.15, -0.1) is 0 Å². The fraction of sp³-hybridized carbons (Fsp3) is 0.158. The molecule has 0 bridgehead atoms. The number of non-ortho nitro benzene ring substituents is 1. The normalized spacial score (nSPS) is 11.4. The molecule has 3 rings (SSSR count). The zero-order valence-electron chi connectivity index (χ0n) is 15.8. The average molecular weight is 432 g/mol. The van der Waals surface area contributed by atoms with Crippen molar-refractivity contribution in [1.82, 2.24) is 15.0 Å². The molecule has 0 aliphatic carbocycles. The van der Waals surface area contributed by atoms with E-state index in [2.05, 4.69) is 15.0 Å². The molecule has 11 heteroatoms. The fourth-order valence-electron chi connectivity index (χ4n) is 2.83. The fourth-order valence-corrected chi connectivity index (χ4v) is 3.90. The number of nitrogens with one attached hydrogen (secondary N) is 2. The Morgan fingerprint density at radius 3 is 2.67 bits per heavy atom. The van der Waals surface area contributed by atoms with Crippen LogP contribution in [0.3, 0.4) is 0 Å². The second kappa shape index (κ2) is 8.51. The number of carbonyl (C=O) groups excluding carboxylic acids is 1. The number of amides is 1. The number of nitro groups is 1. The van der Waals surface area contributed by atoms with Gasteiger partial charge in [-0.05, 0) is 31.2 Å². The number of hydrogen-bond donors (Lipinski definition) is 2. The van der Waals surface area contributed by atoms with E-state index in [0.717, 1.165) is 6.07 Å². The lowest BCUT2D eigenvalue weighted by Gasteiger charge is -2.10. The third kappa shape index (κ3) is 4.75. The zero-order chi connectivity index (χ0) is 21.9. The van der Waals surface area contributed by atoms with E-state index in [-0.39, 0.29) is 23.7 Å². The number of benzene rings is 2. The average Bonchev–Trinajstić information content (AvgIpc) is 2.70. The van der Waals surface area contributed by atoms with Crippen molar-refractivity contribution in [2.24, 2.45) is 0 Å². The van der Waals surface area contributed by atoms with E-state index >= 15 is 0 Å². The Balaban J connectivity index is 1.66. The van der Waals surface area contributed by atoms with Gasteiger partial charge in [-0.2, -0.15) is 0 Å². The highest BCUT2D eigenvalue weighted by atomic mass is 32.2. The summed E-state index contributed by atoms with van der Waals surface area (Å²) >= 11 is 0. The number of nitro benzene ring substituents is 1. The molecule has 156 valence electrons. The molecule has 1 amide bonds. The van der Waals surface area contributed by atoms with Crippen molar-refractivity contribution in [2.75, 3.05) is 13.1 Å². The number of rotatable bonds is 7. The zero-order valence-corrected chi connectivity index (χ0v) is 16.6. The molecule has 0 fully saturated rings. The highest BCUT2D eigenvalue weighted by Crippen LogP contribution is 2.20. The van der Waals surface area contributed by atoms with Gasteiger partial charge in [-0.25, -0.2) is 17.5 Å². The molecule has 2 aromatic carbocycles. The molecule has 0 radical (unpaired) electrons. The predicted octanol–water partition coefficient (Wildman–Crippen LogP) is 2.30. The van der Waals surface area contributed by atoms with Gasteiger partial charge in [-0.3, -0.25) is 19.9 Å². The Kier molecular flexibility index (Phi) is 6.04. The minimum absolute atomic E-state index is 0.0307. The maximum Gasteiger partial charge on any atom is 0.270 e. The van der Waals surface area contributed by atoms with Crippen molar-refractivity contribution in [2.45, 2.75) is 11.8 Å². The molecule has 3 aromatic rings. The lowest BCUT2D eigenvalue weighted by atomic mass is 10.1. The Morgan fingerprint density at radius 2 is 1.93 bits per heavy atom. The summed E-state index contributed by atoms with van der Waals surface area (Å²) in [6.45, 7) is 1.51. The number of aromatic nitrogens is 1. The molecule has 1 heterocycles. The van der Waals surface area contributed by atoms with Crippen molar-refractivity contribution in [1.29, 1.82) is 0 Å². The van der Waals surface area contributed by atoms with Crippen LogP contribution in [-0.2, 0) is 10.0 Å². The summed E-state index contributed by atoms with van der Waals surface area (Å²) in [5, 5.41) is 13.9. The molecule has 0 spiro atoms. The van der Waals surface area contributed by atoms with Crippen LogP contribution in [0.25, 0.3) is 10.9 Å². The molecule has 0 unspecified atom stereocenters. The van der Waals surface area contributed by atoms with Crippen molar-refractivity contribution < 1.29 is 22.5 Å². The smallest absolute Gasteiger partial charge is 0.270 e. The Hall–Kier alpha value is -3.44. The molecular weight excluding hydrogens is 415 g/mol. The first kappa shape index (κ1) is 21.3. The number of nitrogens with zero attached hydrogens (tertiary/aromatic N) is 2. The highest BCUT2D eigenvalue weighted by Gasteiger charge is 2.18. The summed E-state index contributed by atoms with van der Waals surface area (Å²) in [7, 11) is -3.98. The molecule has 0 saturated heterocycles. The Bertz CT molecular complexity index is 1240. The topological polar surface area (TPSA) is 131 Å². The minimum Gasteiger partial charge on any atom is -0.351 e. The van der Waals surface area contributed by atoms with Crippen molar-refractivity contribution in [3.63, 3.8) is 0 Å². The summed E-state index contributed by atoms with van der Waals surface area (Å²) in [4.78, 5) is 26.6. The predicted molar refractivity (Wildman–Crippen MR) is 107 cm³/mol. The molecule has 0 atom stereocenters. The van der Waals surface area contributed by atoms with E-state index in [0.29, 0.717) is 22.2 Å². The van der Waals surface area contributed by atoms with Gasteiger partial charge in [0.2, 0.25) is 10.0 Å². The Labute approximate surface area is 171 Å². The van der Waals surface area contributed by atoms with Crippen molar-refractivity contribution >= 4 is 32.5 Å². The Morgan fingerprint density at radius 1 is 1.17 bits per heavy atom. The van der Waals surface area contributed by atoms with E-state index in [9.17, 15) is 27.7 Å². The number of sulfonamides is 1. The number of fused-ring (bicyclic) bond motifs is 1. The largest absolute Gasteiger partial charge is 0.351 e. The van der Waals surface area contributed by atoms with Crippen LogP contribution in [0.4, 0.5) is 10.1 Å². The van der Waals surface area contributed by atoms with Crippen LogP contribution in [0.2, 0.25) is 0 Å². The van der Waals surface area contributed by atoms with Crippen molar-refractivity contribution in [3.8, 4) is 0 Å². The van der Waals surface area contributed by atoms with Crippen LogP contribution >= 0.6 is 0 Å². The van der Waals surface area contributed by atoms with E-state index in [1.54, 1.807) is 13.0 Å². The van der Waals surface area contributed by atoms with E-state index in [1.165, 1.54) is 36.4 Å². The van der Waals surface area contributed by atoms with Gasteiger partial charge >= 0.3 is 0 Å². The number of pyridine rings is 1. The minimum atomic E-state index is -3.98. The second-order valence-corrected chi connectivity index (χ2v) is 8.15. The molecular formula is C19H17FN4O5S. The summed E-state index contributed by atoms with van der Waals surface area (Å²) in [5.41, 5.74) is 0.817. The first-order valence-corrected chi connectivity index (χ1v) is 10.2. The van der Waals surface area contributed by atoms with E-state index in [1.807, 2.05) is 0 Å². The van der Waals surface area contributed by atoms with E-state index < -0.39 is 26.7 Å². The number of carbonyl (C=O) groups is 1. The lowest BCUT2D eigenvalue weighted by molar-refractivity contribution is -0.385. The van der Waals surface area contributed by atoms with Gasteiger partial charge in [0.1, 0.15) is 5.82 Å². The van der Waals surface area contributed by atoms with Crippen LogP contribution < -0.4 is 10.0 Å². The number of hydrogen-bond acceptors (Lipinski definition) is 6. The third-order valence-corrected chi connectivity index (χ3v) is 5.64. The standard InChI is InChI=1S/C19H17FN4O5S/c1-12-9-17(16-6-5-13(20)10-18(16)23-12)19(25)21-7-8-22-30(28,29)15-4-2-3-14(11-15)24(26)27/h2-6,9-11,22H,7-8H2,1H3,(H,21,25). The van der Waals surface area contributed by atoms with Crippen LogP contribution in [0.15, 0.2) is 53.4 Å². The maximum atomic E-state index is 13.4. The molecule has 1 aromatic heterocycles. The summed E-state index contributed by atoms with van der Waals surface area (Å²) < 4.78 is 40.3. The molecule has 0 aliphatic heterocycles.